The predicted octanol–water partition coefficient (Wildman–Crippen LogP) is 0.992. The lowest BCUT2D eigenvalue weighted by Gasteiger charge is -2.37. The van der Waals surface area contributed by atoms with Crippen molar-refractivity contribution in [2.75, 3.05) is 50.7 Å². The molecule has 0 saturated carbocycles. The molecule has 3 fully saturated rings. The lowest BCUT2D eigenvalue weighted by molar-refractivity contribution is -0.138. The highest BCUT2D eigenvalue weighted by Crippen LogP contribution is 2.28. The van der Waals surface area contributed by atoms with Gasteiger partial charge in [-0.05, 0) is 30.9 Å². The minimum Gasteiger partial charge on any atom is -0.481 e. The molecule has 0 spiro atoms. The molecule has 1 atom stereocenters. The molecule has 1 unspecified atom stereocenters. The average molecular weight is 386 g/mol. The van der Waals surface area contributed by atoms with Gasteiger partial charge in [-0.1, -0.05) is 6.07 Å². The molecule has 0 aliphatic carbocycles. The number of rotatable bonds is 5. The molecule has 3 aliphatic rings. The third-order valence-corrected chi connectivity index (χ3v) is 5.99. The van der Waals surface area contributed by atoms with Crippen molar-refractivity contribution in [1.82, 2.24) is 15.5 Å². The minimum absolute atomic E-state index is 0.220. The van der Waals surface area contributed by atoms with Crippen LogP contribution in [-0.4, -0.2) is 68.6 Å². The van der Waals surface area contributed by atoms with E-state index >= 15 is 0 Å². The SMILES string of the molecule is O=C1CCC(Oc2cccc(N3CCC(CN4CCNCC4)CC3)c2)C(=O)N1. The number of piperazine rings is 1. The van der Waals surface area contributed by atoms with Crippen molar-refractivity contribution in [3.8, 4) is 5.75 Å². The Bertz CT molecular complexity index is 697. The van der Waals surface area contributed by atoms with Crippen LogP contribution in [0.25, 0.3) is 0 Å². The third kappa shape index (κ3) is 4.83. The number of nitrogens with one attached hydrogen (secondary N) is 2. The quantitative estimate of drug-likeness (QED) is 0.736. The van der Waals surface area contributed by atoms with E-state index in [4.69, 9.17) is 4.74 Å². The number of carbonyl (C=O) groups is 2. The van der Waals surface area contributed by atoms with Gasteiger partial charge in [0.25, 0.3) is 5.91 Å². The maximum Gasteiger partial charge on any atom is 0.267 e. The maximum absolute atomic E-state index is 11.9. The van der Waals surface area contributed by atoms with Gasteiger partial charge in [0.2, 0.25) is 5.91 Å². The van der Waals surface area contributed by atoms with Crippen molar-refractivity contribution >= 4 is 17.5 Å². The number of benzene rings is 1. The van der Waals surface area contributed by atoms with Gasteiger partial charge in [0.1, 0.15) is 5.75 Å². The monoisotopic (exact) mass is 386 g/mol. The van der Waals surface area contributed by atoms with Crippen LogP contribution in [0.2, 0.25) is 0 Å². The Morgan fingerprint density at radius 3 is 2.57 bits per heavy atom. The Morgan fingerprint density at radius 1 is 1.04 bits per heavy atom. The highest BCUT2D eigenvalue weighted by atomic mass is 16.5. The zero-order valence-corrected chi connectivity index (χ0v) is 16.4. The molecule has 2 N–H and O–H groups in total. The minimum atomic E-state index is -0.585. The average Bonchev–Trinajstić information content (AvgIpc) is 2.72. The summed E-state index contributed by atoms with van der Waals surface area (Å²) in [4.78, 5) is 28.2. The second kappa shape index (κ2) is 8.92. The van der Waals surface area contributed by atoms with E-state index in [1.165, 1.54) is 32.5 Å². The summed E-state index contributed by atoms with van der Waals surface area (Å²) in [6.07, 6.45) is 2.60. The molecule has 2 amide bonds. The zero-order chi connectivity index (χ0) is 19.3. The molecule has 3 aliphatic heterocycles. The number of ether oxygens (including phenoxy) is 1. The Labute approximate surface area is 166 Å². The molecule has 7 nitrogen and oxygen atoms in total. The lowest BCUT2D eigenvalue weighted by atomic mass is 9.95. The van der Waals surface area contributed by atoms with Gasteiger partial charge >= 0.3 is 0 Å². The van der Waals surface area contributed by atoms with E-state index in [2.05, 4.69) is 26.5 Å². The second-order valence-electron chi connectivity index (χ2n) is 8.04. The van der Waals surface area contributed by atoms with Crippen LogP contribution in [-0.2, 0) is 9.59 Å². The number of imide groups is 1. The highest BCUT2D eigenvalue weighted by Gasteiger charge is 2.28. The van der Waals surface area contributed by atoms with Crippen molar-refractivity contribution in [1.29, 1.82) is 0 Å². The summed E-state index contributed by atoms with van der Waals surface area (Å²) < 4.78 is 5.87. The van der Waals surface area contributed by atoms with Gasteiger partial charge < -0.3 is 19.9 Å². The number of carbonyl (C=O) groups excluding carboxylic acids is 2. The fourth-order valence-electron chi connectivity index (χ4n) is 4.34. The number of nitrogens with zero attached hydrogens (tertiary/aromatic N) is 2. The molecule has 0 radical (unpaired) electrons. The van der Waals surface area contributed by atoms with Gasteiger partial charge in [-0.3, -0.25) is 14.9 Å². The second-order valence-corrected chi connectivity index (χ2v) is 8.04. The van der Waals surface area contributed by atoms with Gasteiger partial charge in [-0.2, -0.15) is 0 Å². The number of piperidine rings is 2. The first-order chi connectivity index (χ1) is 13.7. The molecule has 3 heterocycles. The number of hydrogen-bond acceptors (Lipinski definition) is 6. The zero-order valence-electron chi connectivity index (χ0n) is 16.4. The van der Waals surface area contributed by atoms with Crippen LogP contribution >= 0.6 is 0 Å². The Kier molecular flexibility index (Phi) is 6.12. The van der Waals surface area contributed by atoms with E-state index in [1.807, 2.05) is 18.2 Å². The highest BCUT2D eigenvalue weighted by molar-refractivity contribution is 5.99. The summed E-state index contributed by atoms with van der Waals surface area (Å²) in [6, 6.07) is 7.97. The molecular weight excluding hydrogens is 356 g/mol. The van der Waals surface area contributed by atoms with Crippen LogP contribution in [0.15, 0.2) is 24.3 Å². The van der Waals surface area contributed by atoms with Crippen LogP contribution in [0.5, 0.6) is 5.75 Å². The molecule has 0 aromatic heterocycles. The molecule has 1 aromatic carbocycles. The number of hydrogen-bond donors (Lipinski definition) is 2. The first-order valence-corrected chi connectivity index (χ1v) is 10.5. The topological polar surface area (TPSA) is 73.9 Å². The molecular formula is C21H30N4O3. The van der Waals surface area contributed by atoms with Gasteiger partial charge in [0.15, 0.2) is 6.10 Å². The van der Waals surface area contributed by atoms with Crippen molar-refractivity contribution < 1.29 is 14.3 Å². The maximum atomic E-state index is 11.9. The number of anilines is 1. The van der Waals surface area contributed by atoms with E-state index < -0.39 is 6.10 Å². The number of amides is 2. The molecule has 4 rings (SSSR count). The Balaban J connectivity index is 1.30. The van der Waals surface area contributed by atoms with Crippen LogP contribution < -0.4 is 20.3 Å². The van der Waals surface area contributed by atoms with Crippen molar-refractivity contribution in [3.05, 3.63) is 24.3 Å². The van der Waals surface area contributed by atoms with Crippen molar-refractivity contribution in [3.63, 3.8) is 0 Å². The first-order valence-electron chi connectivity index (χ1n) is 10.5. The van der Waals surface area contributed by atoms with Gasteiger partial charge in [0, 0.05) is 70.4 Å². The summed E-state index contributed by atoms with van der Waals surface area (Å²) in [5.41, 5.74) is 1.14. The van der Waals surface area contributed by atoms with Crippen LogP contribution in [0.4, 0.5) is 5.69 Å². The third-order valence-electron chi connectivity index (χ3n) is 5.99. The summed E-state index contributed by atoms with van der Waals surface area (Å²) in [7, 11) is 0. The van der Waals surface area contributed by atoms with Gasteiger partial charge in [0.05, 0.1) is 0 Å². The van der Waals surface area contributed by atoms with Gasteiger partial charge in [-0.25, -0.2) is 0 Å². The summed E-state index contributed by atoms with van der Waals surface area (Å²) in [5, 5.41) is 5.76. The van der Waals surface area contributed by atoms with Crippen molar-refractivity contribution in [2.24, 2.45) is 5.92 Å². The standard InChI is InChI=1S/C21H30N4O3/c26-20-5-4-19(21(27)23-20)28-18-3-1-2-17(14-18)25-10-6-16(7-11-25)15-24-12-8-22-9-13-24/h1-3,14,16,19,22H,4-13,15H2,(H,23,26,27). The molecule has 152 valence electrons. The molecule has 0 bridgehead atoms. The summed E-state index contributed by atoms with van der Waals surface area (Å²) in [5.74, 6) is 0.907. The Morgan fingerprint density at radius 2 is 1.82 bits per heavy atom. The van der Waals surface area contributed by atoms with E-state index in [9.17, 15) is 9.59 Å². The lowest BCUT2D eigenvalue weighted by Crippen LogP contribution is -2.47. The van der Waals surface area contributed by atoms with Crippen molar-refractivity contribution in [2.45, 2.75) is 31.8 Å². The molecule has 1 aromatic rings. The molecule has 7 heteroatoms. The summed E-state index contributed by atoms with van der Waals surface area (Å²) >= 11 is 0. The fraction of sp³-hybridized carbons (Fsp3) is 0.619. The van der Waals surface area contributed by atoms with Crippen LogP contribution in [0.1, 0.15) is 25.7 Å². The van der Waals surface area contributed by atoms with Gasteiger partial charge in [-0.15, -0.1) is 0 Å². The molecule has 28 heavy (non-hydrogen) atoms. The smallest absolute Gasteiger partial charge is 0.267 e. The summed E-state index contributed by atoms with van der Waals surface area (Å²) in [6.45, 7) is 7.88. The normalized spacial score (nSPS) is 24.9. The largest absolute Gasteiger partial charge is 0.481 e. The van der Waals surface area contributed by atoms with E-state index in [0.717, 1.165) is 37.8 Å². The predicted molar refractivity (Wildman–Crippen MR) is 107 cm³/mol. The first kappa shape index (κ1) is 19.2. The van der Waals surface area contributed by atoms with Crippen LogP contribution in [0, 0.1) is 5.92 Å². The van der Waals surface area contributed by atoms with E-state index in [-0.39, 0.29) is 11.8 Å². The molecule has 3 saturated heterocycles. The fourth-order valence-corrected chi connectivity index (χ4v) is 4.34. The van der Waals surface area contributed by atoms with E-state index in [0.29, 0.717) is 18.6 Å². The van der Waals surface area contributed by atoms with E-state index in [1.54, 1.807) is 0 Å². The van der Waals surface area contributed by atoms with Crippen LogP contribution in [0.3, 0.4) is 0 Å². The Hall–Kier alpha value is -2.12.